The molecule has 0 aliphatic rings. The highest BCUT2D eigenvalue weighted by Crippen LogP contribution is 2.35. The maximum absolute atomic E-state index is 12.2. The Labute approximate surface area is 118 Å². The molecule has 0 spiro atoms. The van der Waals surface area contributed by atoms with E-state index in [2.05, 4.69) is 15.9 Å². The van der Waals surface area contributed by atoms with E-state index in [1.54, 1.807) is 13.0 Å². The smallest absolute Gasteiger partial charge is 0.401 e. The molecule has 0 aromatic heterocycles. The highest BCUT2D eigenvalue weighted by atomic mass is 79.9. The number of halogens is 4. The van der Waals surface area contributed by atoms with Crippen molar-refractivity contribution in [2.75, 3.05) is 20.2 Å². The number of hydrogen-bond acceptors (Lipinski definition) is 3. The molecule has 0 fully saturated rings. The van der Waals surface area contributed by atoms with Crippen molar-refractivity contribution in [3.63, 3.8) is 0 Å². The first-order valence-electron chi connectivity index (χ1n) is 5.62. The van der Waals surface area contributed by atoms with E-state index in [1.165, 1.54) is 13.1 Å². The molecule has 1 N–H and O–H groups in total. The van der Waals surface area contributed by atoms with Crippen molar-refractivity contribution in [2.45, 2.75) is 19.6 Å². The quantitative estimate of drug-likeness (QED) is 0.888. The van der Waals surface area contributed by atoms with Gasteiger partial charge in [-0.2, -0.15) is 13.2 Å². The molecule has 0 amide bonds. The van der Waals surface area contributed by atoms with Gasteiger partial charge in [0, 0.05) is 6.54 Å². The molecular formula is C12H15BrF3NO2. The summed E-state index contributed by atoms with van der Waals surface area (Å²) < 4.78 is 42.3. The van der Waals surface area contributed by atoms with Crippen molar-refractivity contribution in [2.24, 2.45) is 0 Å². The van der Waals surface area contributed by atoms with Gasteiger partial charge in [0.15, 0.2) is 11.5 Å². The highest BCUT2D eigenvalue weighted by molar-refractivity contribution is 9.10. The normalized spacial score (nSPS) is 11.9. The average Bonchev–Trinajstić information content (AvgIpc) is 2.22. The van der Waals surface area contributed by atoms with Crippen LogP contribution in [0.25, 0.3) is 0 Å². The molecule has 1 aromatic rings. The van der Waals surface area contributed by atoms with Gasteiger partial charge in [-0.15, -0.1) is 0 Å². The Balaban J connectivity index is 2.84. The number of nitrogens with zero attached hydrogens (tertiary/aromatic N) is 1. The fourth-order valence-electron chi connectivity index (χ4n) is 1.66. The summed E-state index contributed by atoms with van der Waals surface area (Å²) in [5.74, 6) is 0.205. The molecule has 1 rings (SSSR count). The van der Waals surface area contributed by atoms with Crippen LogP contribution in [0.2, 0.25) is 0 Å². The van der Waals surface area contributed by atoms with Crippen molar-refractivity contribution >= 4 is 15.9 Å². The Morgan fingerprint density at radius 1 is 1.37 bits per heavy atom. The Morgan fingerprint density at radius 2 is 2.00 bits per heavy atom. The Hall–Kier alpha value is -0.950. The van der Waals surface area contributed by atoms with E-state index in [0.29, 0.717) is 16.6 Å². The second-order valence-corrected chi connectivity index (χ2v) is 5.00. The molecule has 0 radical (unpaired) electrons. The molecule has 0 aliphatic carbocycles. The number of benzene rings is 1. The van der Waals surface area contributed by atoms with E-state index in [1.807, 2.05) is 0 Å². The highest BCUT2D eigenvalue weighted by Gasteiger charge is 2.29. The third kappa shape index (κ3) is 5.28. The van der Waals surface area contributed by atoms with Crippen LogP contribution >= 0.6 is 15.9 Å². The van der Waals surface area contributed by atoms with E-state index in [0.717, 1.165) is 4.90 Å². The lowest BCUT2D eigenvalue weighted by Crippen LogP contribution is -2.30. The predicted octanol–water partition coefficient (Wildman–Crippen LogP) is 3.55. The number of ether oxygens (including phenoxy) is 1. The van der Waals surface area contributed by atoms with Gasteiger partial charge in [-0.3, -0.25) is 4.90 Å². The van der Waals surface area contributed by atoms with Crippen LogP contribution in [0.1, 0.15) is 12.5 Å². The summed E-state index contributed by atoms with van der Waals surface area (Å²) >= 11 is 3.15. The Bertz CT molecular complexity index is 438. The average molecular weight is 342 g/mol. The van der Waals surface area contributed by atoms with Gasteiger partial charge in [0.25, 0.3) is 0 Å². The minimum atomic E-state index is -4.23. The van der Waals surface area contributed by atoms with Crippen LogP contribution in [0.15, 0.2) is 16.6 Å². The molecule has 0 saturated heterocycles. The van der Waals surface area contributed by atoms with Gasteiger partial charge in [-0.05, 0) is 47.6 Å². The minimum Gasteiger partial charge on any atom is -0.503 e. The zero-order valence-corrected chi connectivity index (χ0v) is 12.2. The standard InChI is InChI=1S/C12H15BrF3NO2/c1-3-19-10-5-8(4-9(13)11(10)18)6-17(2)7-12(14,15)16/h4-5,18H,3,6-7H2,1-2H3. The second-order valence-electron chi connectivity index (χ2n) is 4.14. The summed E-state index contributed by atoms with van der Waals surface area (Å²) in [4.78, 5) is 1.15. The largest absolute Gasteiger partial charge is 0.503 e. The van der Waals surface area contributed by atoms with Crippen LogP contribution in [0.3, 0.4) is 0 Å². The molecule has 108 valence electrons. The SMILES string of the molecule is CCOc1cc(CN(C)CC(F)(F)F)cc(Br)c1O. The van der Waals surface area contributed by atoms with Crippen molar-refractivity contribution in [3.8, 4) is 11.5 Å². The number of alkyl halides is 3. The zero-order valence-electron chi connectivity index (χ0n) is 10.6. The summed E-state index contributed by atoms with van der Waals surface area (Å²) in [6.07, 6.45) is -4.23. The topological polar surface area (TPSA) is 32.7 Å². The number of rotatable bonds is 5. The molecule has 0 bridgehead atoms. The first-order chi connectivity index (χ1) is 8.73. The van der Waals surface area contributed by atoms with E-state index in [4.69, 9.17) is 4.74 Å². The first kappa shape index (κ1) is 16.1. The molecule has 0 heterocycles. The van der Waals surface area contributed by atoms with Gasteiger partial charge in [0.1, 0.15) is 0 Å². The molecular weight excluding hydrogens is 327 g/mol. The molecule has 19 heavy (non-hydrogen) atoms. The Kier molecular flexibility index (Phi) is 5.49. The number of phenols is 1. The van der Waals surface area contributed by atoms with Crippen LogP contribution < -0.4 is 4.74 Å². The monoisotopic (exact) mass is 341 g/mol. The fraction of sp³-hybridized carbons (Fsp3) is 0.500. The third-order valence-corrected chi connectivity index (χ3v) is 2.89. The van der Waals surface area contributed by atoms with Gasteiger partial charge < -0.3 is 9.84 Å². The van der Waals surface area contributed by atoms with Crippen molar-refractivity contribution in [1.29, 1.82) is 0 Å². The van der Waals surface area contributed by atoms with Crippen LogP contribution in [-0.2, 0) is 6.54 Å². The second kappa shape index (κ2) is 6.47. The van der Waals surface area contributed by atoms with Crippen LogP contribution in [0.4, 0.5) is 13.2 Å². The minimum absolute atomic E-state index is 0.0518. The third-order valence-electron chi connectivity index (χ3n) is 2.29. The first-order valence-corrected chi connectivity index (χ1v) is 6.41. The van der Waals surface area contributed by atoms with E-state index in [9.17, 15) is 18.3 Å². The van der Waals surface area contributed by atoms with Gasteiger partial charge >= 0.3 is 6.18 Å². The summed E-state index contributed by atoms with van der Waals surface area (Å²) in [5, 5.41) is 9.71. The van der Waals surface area contributed by atoms with Crippen molar-refractivity contribution in [3.05, 3.63) is 22.2 Å². The summed E-state index contributed by atoms with van der Waals surface area (Å²) in [7, 11) is 1.38. The predicted molar refractivity (Wildman–Crippen MR) is 69.4 cm³/mol. The van der Waals surface area contributed by atoms with E-state index in [-0.39, 0.29) is 18.0 Å². The van der Waals surface area contributed by atoms with Gasteiger partial charge in [-0.1, -0.05) is 0 Å². The molecule has 0 atom stereocenters. The molecule has 7 heteroatoms. The van der Waals surface area contributed by atoms with Gasteiger partial charge in [0.05, 0.1) is 17.6 Å². The van der Waals surface area contributed by atoms with Gasteiger partial charge in [-0.25, -0.2) is 0 Å². The maximum Gasteiger partial charge on any atom is 0.401 e. The lowest BCUT2D eigenvalue weighted by atomic mass is 10.2. The lowest BCUT2D eigenvalue weighted by Gasteiger charge is -2.19. The van der Waals surface area contributed by atoms with Crippen molar-refractivity contribution < 1.29 is 23.0 Å². The summed E-state index contributed by atoms with van der Waals surface area (Å²) in [6.45, 7) is 1.24. The van der Waals surface area contributed by atoms with Gasteiger partial charge in [0.2, 0.25) is 0 Å². The number of phenolic OH excluding ortho intramolecular Hbond substituents is 1. The van der Waals surface area contributed by atoms with Crippen LogP contribution in [0.5, 0.6) is 11.5 Å². The summed E-state index contributed by atoms with van der Waals surface area (Å²) in [5.41, 5.74) is 0.625. The van der Waals surface area contributed by atoms with Crippen LogP contribution in [0, 0.1) is 0 Å². The molecule has 0 saturated carbocycles. The number of aromatic hydroxyl groups is 1. The number of hydrogen-bond donors (Lipinski definition) is 1. The lowest BCUT2D eigenvalue weighted by molar-refractivity contribution is -0.144. The maximum atomic E-state index is 12.2. The molecule has 1 aromatic carbocycles. The Morgan fingerprint density at radius 3 is 2.53 bits per heavy atom. The zero-order chi connectivity index (χ0) is 14.6. The summed E-state index contributed by atoms with van der Waals surface area (Å²) in [6, 6.07) is 3.11. The molecule has 0 unspecified atom stereocenters. The van der Waals surface area contributed by atoms with E-state index < -0.39 is 12.7 Å². The van der Waals surface area contributed by atoms with Crippen LogP contribution in [-0.4, -0.2) is 36.4 Å². The fourth-order valence-corrected chi connectivity index (χ4v) is 2.15. The van der Waals surface area contributed by atoms with Crippen molar-refractivity contribution in [1.82, 2.24) is 4.90 Å². The molecule has 3 nitrogen and oxygen atoms in total. The van der Waals surface area contributed by atoms with E-state index >= 15 is 0 Å². The molecule has 0 aliphatic heterocycles.